The summed E-state index contributed by atoms with van der Waals surface area (Å²) in [5.74, 6) is 1.13. The normalized spacial score (nSPS) is 14.6. The maximum Gasteiger partial charge on any atom is 0.236 e. The summed E-state index contributed by atoms with van der Waals surface area (Å²) < 4.78 is 2.09. The van der Waals surface area contributed by atoms with E-state index in [0.29, 0.717) is 18.4 Å². The number of likely N-dealkylation sites (N-methyl/N-ethyl adjacent to an activating group) is 1. The molecule has 0 bridgehead atoms. The molecule has 1 aliphatic rings. The Bertz CT molecular complexity index is 1340. The first-order valence-corrected chi connectivity index (χ1v) is 12.2. The number of pyridine rings is 2. The van der Waals surface area contributed by atoms with Crippen molar-refractivity contribution in [2.75, 3.05) is 33.7 Å². The fraction of sp³-hybridized carbons (Fsp3) is 0.444. The molecule has 4 aromatic rings. The van der Waals surface area contributed by atoms with Crippen LogP contribution in [0.3, 0.4) is 0 Å². The fourth-order valence-corrected chi connectivity index (χ4v) is 5.13. The van der Waals surface area contributed by atoms with Crippen LogP contribution in [0.4, 0.5) is 0 Å². The van der Waals surface area contributed by atoms with E-state index >= 15 is 0 Å². The molecule has 7 heteroatoms. The van der Waals surface area contributed by atoms with Crippen molar-refractivity contribution in [3.63, 3.8) is 0 Å². The Kier molecular flexibility index (Phi) is 5.90. The number of aromatic nitrogens is 4. The molecule has 34 heavy (non-hydrogen) atoms. The molecule has 0 atom stereocenters. The first kappa shape index (κ1) is 22.6. The van der Waals surface area contributed by atoms with Gasteiger partial charge in [-0.15, -0.1) is 0 Å². The van der Waals surface area contributed by atoms with Crippen molar-refractivity contribution in [2.24, 2.45) is 13.0 Å². The maximum absolute atomic E-state index is 12.2. The highest BCUT2D eigenvalue weighted by Crippen LogP contribution is 2.38. The minimum atomic E-state index is 0.228. The van der Waals surface area contributed by atoms with Gasteiger partial charge in [0.15, 0.2) is 0 Å². The van der Waals surface area contributed by atoms with Crippen LogP contribution in [0.1, 0.15) is 37.4 Å². The van der Waals surface area contributed by atoms with Crippen molar-refractivity contribution in [1.29, 1.82) is 0 Å². The van der Waals surface area contributed by atoms with Gasteiger partial charge in [0.25, 0.3) is 0 Å². The van der Waals surface area contributed by atoms with E-state index in [1.165, 1.54) is 11.1 Å². The van der Waals surface area contributed by atoms with E-state index in [9.17, 15) is 4.79 Å². The predicted octanol–water partition coefficient (Wildman–Crippen LogP) is 4.19. The summed E-state index contributed by atoms with van der Waals surface area (Å²) in [4.78, 5) is 29.4. The van der Waals surface area contributed by atoms with Crippen molar-refractivity contribution in [3.05, 3.63) is 47.9 Å². The van der Waals surface area contributed by atoms with Crippen molar-refractivity contribution >= 4 is 28.0 Å². The number of hydrogen-bond acceptors (Lipinski definition) is 4. The number of aromatic amines is 1. The molecule has 1 N–H and O–H groups in total. The Balaban J connectivity index is 1.38. The van der Waals surface area contributed by atoms with Crippen LogP contribution in [-0.2, 0) is 18.3 Å². The Morgan fingerprint density at radius 2 is 2.03 bits per heavy atom. The molecule has 0 unspecified atom stereocenters. The third-order valence-corrected chi connectivity index (χ3v) is 6.89. The lowest BCUT2D eigenvalue weighted by Gasteiger charge is -2.40. The zero-order valence-corrected chi connectivity index (χ0v) is 20.8. The molecule has 1 fully saturated rings. The fourth-order valence-electron chi connectivity index (χ4n) is 5.13. The molecule has 1 saturated heterocycles. The molecule has 5 heterocycles. The van der Waals surface area contributed by atoms with Crippen LogP contribution in [0.15, 0.2) is 36.7 Å². The first-order chi connectivity index (χ1) is 16.3. The number of carbonyl (C=O) groups is 1. The number of nitrogens with one attached hydrogen (secondary N) is 1. The van der Waals surface area contributed by atoms with Crippen molar-refractivity contribution in [1.82, 2.24) is 29.3 Å². The zero-order chi connectivity index (χ0) is 24.0. The second kappa shape index (κ2) is 8.87. The lowest BCUT2D eigenvalue weighted by molar-refractivity contribution is -0.138. The van der Waals surface area contributed by atoms with Gasteiger partial charge < -0.3 is 19.4 Å². The maximum atomic E-state index is 12.2. The van der Waals surface area contributed by atoms with E-state index in [0.717, 1.165) is 59.4 Å². The van der Waals surface area contributed by atoms with Gasteiger partial charge >= 0.3 is 0 Å². The quantitative estimate of drug-likeness (QED) is 0.451. The number of carbonyl (C=O) groups excluding carboxylic acids is 1. The van der Waals surface area contributed by atoms with Gasteiger partial charge in [-0.25, -0.2) is 4.98 Å². The highest BCUT2D eigenvalue weighted by atomic mass is 16.2. The van der Waals surface area contributed by atoms with E-state index in [4.69, 9.17) is 4.98 Å². The largest absolute Gasteiger partial charge is 0.353 e. The van der Waals surface area contributed by atoms with Gasteiger partial charge in [-0.1, -0.05) is 13.8 Å². The molecule has 5 rings (SSSR count). The molecule has 4 aromatic heterocycles. The monoisotopic (exact) mass is 458 g/mol. The molecule has 0 aromatic carbocycles. The second-order valence-corrected chi connectivity index (χ2v) is 10.2. The molecule has 7 nitrogen and oxygen atoms in total. The Labute approximate surface area is 200 Å². The Hall–Kier alpha value is -3.19. The van der Waals surface area contributed by atoms with E-state index in [1.54, 1.807) is 0 Å². The summed E-state index contributed by atoms with van der Waals surface area (Å²) in [5, 5.41) is 1.15. The summed E-state index contributed by atoms with van der Waals surface area (Å²) in [5.41, 5.74) is 7.83. The van der Waals surface area contributed by atoms with Crippen molar-refractivity contribution in [3.8, 4) is 11.3 Å². The average molecular weight is 459 g/mol. The average Bonchev–Trinajstić information content (AvgIpc) is 3.30. The summed E-state index contributed by atoms with van der Waals surface area (Å²) in [7, 11) is 5.92. The molecule has 1 aliphatic heterocycles. The van der Waals surface area contributed by atoms with Gasteiger partial charge in [0, 0.05) is 54.7 Å². The number of hydrogen-bond donors (Lipinski definition) is 1. The molecule has 0 spiro atoms. The van der Waals surface area contributed by atoms with E-state index in [2.05, 4.69) is 52.8 Å². The molecule has 0 saturated carbocycles. The van der Waals surface area contributed by atoms with Crippen LogP contribution >= 0.6 is 0 Å². The van der Waals surface area contributed by atoms with Gasteiger partial charge in [0.2, 0.25) is 5.91 Å². The van der Waals surface area contributed by atoms with Crippen LogP contribution < -0.4 is 0 Å². The van der Waals surface area contributed by atoms with Crippen molar-refractivity contribution in [2.45, 2.75) is 32.6 Å². The number of aryl methyl sites for hydroxylation is 2. The Morgan fingerprint density at radius 3 is 2.76 bits per heavy atom. The SMILES string of the molecule is CC(C)c1c(-c2cn(C)c3ncccc23)[nH]c2ccc(CCC3CN(C(=O)CN(C)C)C3)nc12. The third-order valence-electron chi connectivity index (χ3n) is 6.89. The minimum absolute atomic E-state index is 0.228. The smallest absolute Gasteiger partial charge is 0.236 e. The third kappa shape index (κ3) is 4.09. The van der Waals surface area contributed by atoms with E-state index in [-0.39, 0.29) is 5.91 Å². The second-order valence-electron chi connectivity index (χ2n) is 10.2. The summed E-state index contributed by atoms with van der Waals surface area (Å²) in [6.45, 7) is 6.70. The van der Waals surface area contributed by atoms with Crippen LogP contribution in [-0.4, -0.2) is 69.0 Å². The number of H-pyrrole nitrogens is 1. The van der Waals surface area contributed by atoms with Gasteiger partial charge in [0.05, 0.1) is 23.3 Å². The van der Waals surface area contributed by atoms with Crippen LogP contribution in [0.5, 0.6) is 0 Å². The topological polar surface area (TPSA) is 70.1 Å². The molecule has 0 aliphatic carbocycles. The molecule has 178 valence electrons. The molecule has 1 amide bonds. The molecular weight excluding hydrogens is 424 g/mol. The zero-order valence-electron chi connectivity index (χ0n) is 20.8. The van der Waals surface area contributed by atoms with Crippen LogP contribution in [0, 0.1) is 5.92 Å². The Morgan fingerprint density at radius 1 is 1.24 bits per heavy atom. The number of amides is 1. The minimum Gasteiger partial charge on any atom is -0.353 e. The number of likely N-dealkylation sites (tertiary alicyclic amines) is 1. The lowest BCUT2D eigenvalue weighted by Crippen LogP contribution is -2.52. The van der Waals surface area contributed by atoms with Gasteiger partial charge in [-0.2, -0.15) is 0 Å². The molecular formula is C27H34N6O. The molecule has 0 radical (unpaired) electrons. The van der Waals surface area contributed by atoms with Crippen molar-refractivity contribution < 1.29 is 4.79 Å². The standard InChI is InChI=1S/C27H34N6O/c1-17(2)24-25(21-15-32(5)27-20(21)7-6-12-28-27)30-22-11-10-19(29-26(22)24)9-8-18-13-33(14-18)23(34)16-31(3)4/h6-7,10-12,15,17-18,30H,8-9,13-14,16H2,1-5H3. The summed E-state index contributed by atoms with van der Waals surface area (Å²) in [6.07, 6.45) is 6.00. The van der Waals surface area contributed by atoms with E-state index < -0.39 is 0 Å². The van der Waals surface area contributed by atoms with Crippen LogP contribution in [0.25, 0.3) is 33.3 Å². The predicted molar refractivity (Wildman–Crippen MR) is 137 cm³/mol. The van der Waals surface area contributed by atoms with Crippen LogP contribution in [0.2, 0.25) is 0 Å². The van der Waals surface area contributed by atoms with E-state index in [1.807, 2.05) is 43.2 Å². The summed E-state index contributed by atoms with van der Waals surface area (Å²) in [6, 6.07) is 8.45. The highest BCUT2D eigenvalue weighted by Gasteiger charge is 2.30. The van der Waals surface area contributed by atoms with Gasteiger partial charge in [0.1, 0.15) is 5.65 Å². The highest BCUT2D eigenvalue weighted by molar-refractivity contribution is 5.98. The summed E-state index contributed by atoms with van der Waals surface area (Å²) >= 11 is 0. The van der Waals surface area contributed by atoms with Gasteiger partial charge in [-0.05, 0) is 63.0 Å². The van der Waals surface area contributed by atoms with Gasteiger partial charge in [-0.3, -0.25) is 9.78 Å². The first-order valence-electron chi connectivity index (χ1n) is 12.2. The number of rotatable bonds is 7. The number of fused-ring (bicyclic) bond motifs is 2. The number of nitrogens with zero attached hydrogens (tertiary/aromatic N) is 5. The lowest BCUT2D eigenvalue weighted by atomic mass is 9.93.